The van der Waals surface area contributed by atoms with E-state index in [0.29, 0.717) is 10.8 Å². The van der Waals surface area contributed by atoms with Gasteiger partial charge >= 0.3 is 5.97 Å². The van der Waals surface area contributed by atoms with Crippen LogP contribution < -0.4 is 5.32 Å². The molecule has 0 saturated heterocycles. The third-order valence-electron chi connectivity index (χ3n) is 2.95. The van der Waals surface area contributed by atoms with E-state index in [0.717, 1.165) is 24.2 Å². The van der Waals surface area contributed by atoms with E-state index in [-0.39, 0.29) is 5.56 Å². The first kappa shape index (κ1) is 15.4. The number of nitrogens with zero attached hydrogens (tertiary/aromatic N) is 1. The first-order chi connectivity index (χ1) is 10.2. The molecule has 0 aliphatic heterocycles. The van der Waals surface area contributed by atoms with Gasteiger partial charge in [0.25, 0.3) is 0 Å². The summed E-state index contributed by atoms with van der Waals surface area (Å²) in [6.45, 7) is 3.04. The van der Waals surface area contributed by atoms with Crippen molar-refractivity contribution in [3.05, 3.63) is 53.7 Å². The van der Waals surface area contributed by atoms with E-state index in [1.807, 2.05) is 24.3 Å². The molecule has 0 radical (unpaired) electrons. The average molecular weight is 302 g/mol. The summed E-state index contributed by atoms with van der Waals surface area (Å²) in [5.41, 5.74) is 2.50. The molecule has 2 rings (SSSR count). The van der Waals surface area contributed by atoms with Crippen molar-refractivity contribution in [2.75, 3.05) is 11.9 Å². The fourth-order valence-corrected chi connectivity index (χ4v) is 2.88. The monoisotopic (exact) mass is 302 g/mol. The molecular formula is C16H18N2O2S. The van der Waals surface area contributed by atoms with Crippen LogP contribution >= 0.6 is 11.8 Å². The minimum Gasteiger partial charge on any atom is -0.478 e. The Kier molecular flexibility index (Phi) is 5.63. The van der Waals surface area contributed by atoms with Crippen LogP contribution in [0, 0.1) is 0 Å². The normalized spacial score (nSPS) is 10.3. The number of para-hydroxylation sites is 1. The average Bonchev–Trinajstić information content (AvgIpc) is 2.52. The van der Waals surface area contributed by atoms with Crippen molar-refractivity contribution in [2.45, 2.75) is 24.1 Å². The van der Waals surface area contributed by atoms with Gasteiger partial charge in [0.2, 0.25) is 0 Å². The Morgan fingerprint density at radius 3 is 2.86 bits per heavy atom. The van der Waals surface area contributed by atoms with Gasteiger partial charge in [-0.1, -0.05) is 25.1 Å². The zero-order chi connectivity index (χ0) is 15.1. The molecule has 21 heavy (non-hydrogen) atoms. The van der Waals surface area contributed by atoms with Gasteiger partial charge in [0.1, 0.15) is 5.03 Å². The van der Waals surface area contributed by atoms with Crippen molar-refractivity contribution in [3.8, 4) is 0 Å². The molecule has 5 heteroatoms. The molecular weight excluding hydrogens is 284 g/mol. The van der Waals surface area contributed by atoms with E-state index < -0.39 is 5.97 Å². The van der Waals surface area contributed by atoms with Gasteiger partial charge < -0.3 is 10.4 Å². The van der Waals surface area contributed by atoms with Gasteiger partial charge in [-0.15, -0.1) is 11.8 Å². The molecule has 1 aromatic heterocycles. The Balaban J connectivity index is 2.12. The van der Waals surface area contributed by atoms with Crippen LogP contribution in [0.3, 0.4) is 0 Å². The van der Waals surface area contributed by atoms with Crippen LogP contribution in [0.15, 0.2) is 47.6 Å². The highest BCUT2D eigenvalue weighted by Gasteiger charge is 2.11. The van der Waals surface area contributed by atoms with E-state index in [9.17, 15) is 4.79 Å². The number of thioether (sulfide) groups is 1. The number of carboxylic acid groups (broad SMARTS) is 1. The number of carboxylic acids is 1. The summed E-state index contributed by atoms with van der Waals surface area (Å²) in [6.07, 6.45) is 2.68. The summed E-state index contributed by atoms with van der Waals surface area (Å²) in [7, 11) is 0. The molecule has 0 spiro atoms. The van der Waals surface area contributed by atoms with E-state index >= 15 is 0 Å². The Morgan fingerprint density at radius 1 is 1.29 bits per heavy atom. The topological polar surface area (TPSA) is 62.2 Å². The zero-order valence-electron chi connectivity index (χ0n) is 11.9. The molecule has 0 aliphatic carbocycles. The predicted octanol–water partition coefficient (Wildman–Crippen LogP) is 3.89. The second kappa shape index (κ2) is 7.69. The summed E-state index contributed by atoms with van der Waals surface area (Å²) in [6, 6.07) is 11.3. The summed E-state index contributed by atoms with van der Waals surface area (Å²) < 4.78 is 0. The number of aromatic carboxylic acids is 1. The third kappa shape index (κ3) is 4.23. The fourth-order valence-electron chi connectivity index (χ4n) is 1.89. The lowest BCUT2D eigenvalue weighted by Crippen LogP contribution is -2.03. The molecule has 1 aromatic carbocycles. The van der Waals surface area contributed by atoms with Crippen LogP contribution in [-0.4, -0.2) is 22.6 Å². The van der Waals surface area contributed by atoms with Gasteiger partial charge in [-0.2, -0.15) is 0 Å². The third-order valence-corrected chi connectivity index (χ3v) is 4.00. The highest BCUT2D eigenvalue weighted by atomic mass is 32.2. The maximum Gasteiger partial charge on any atom is 0.338 e. The van der Waals surface area contributed by atoms with E-state index in [1.165, 1.54) is 11.8 Å². The smallest absolute Gasteiger partial charge is 0.338 e. The Hall–Kier alpha value is -2.01. The lowest BCUT2D eigenvalue weighted by molar-refractivity contribution is 0.0692. The van der Waals surface area contributed by atoms with Crippen molar-refractivity contribution < 1.29 is 9.90 Å². The van der Waals surface area contributed by atoms with Gasteiger partial charge in [-0.05, 0) is 30.2 Å². The maximum absolute atomic E-state index is 11.2. The number of hydrogen-bond donors (Lipinski definition) is 2. The van der Waals surface area contributed by atoms with Crippen LogP contribution in [0.1, 0.15) is 29.3 Å². The van der Waals surface area contributed by atoms with Crippen molar-refractivity contribution in [3.63, 3.8) is 0 Å². The van der Waals surface area contributed by atoms with E-state index in [1.54, 1.807) is 18.3 Å². The van der Waals surface area contributed by atoms with Crippen molar-refractivity contribution in [1.29, 1.82) is 0 Å². The quantitative estimate of drug-likeness (QED) is 0.760. The Bertz CT molecular complexity index is 617. The van der Waals surface area contributed by atoms with Crippen molar-refractivity contribution in [2.24, 2.45) is 0 Å². The Labute approximate surface area is 128 Å². The number of rotatable bonds is 7. The molecule has 0 unspecified atom stereocenters. The molecule has 0 fully saturated rings. The predicted molar refractivity (Wildman–Crippen MR) is 86.0 cm³/mol. The van der Waals surface area contributed by atoms with E-state index in [2.05, 4.69) is 17.2 Å². The standard InChI is InChI=1S/C16H18N2O2S/c1-2-9-17-14-8-4-3-6-12(14)11-21-15-13(16(19)20)7-5-10-18-15/h3-8,10,17H,2,9,11H2,1H3,(H,19,20). The van der Waals surface area contributed by atoms with E-state index in [4.69, 9.17) is 5.11 Å². The van der Waals surface area contributed by atoms with Crippen LogP contribution in [0.4, 0.5) is 5.69 Å². The number of benzene rings is 1. The first-order valence-electron chi connectivity index (χ1n) is 6.85. The Morgan fingerprint density at radius 2 is 2.10 bits per heavy atom. The molecule has 0 bridgehead atoms. The largest absolute Gasteiger partial charge is 0.478 e. The molecule has 0 amide bonds. The lowest BCUT2D eigenvalue weighted by Gasteiger charge is -2.11. The number of pyridine rings is 1. The zero-order valence-corrected chi connectivity index (χ0v) is 12.7. The number of hydrogen-bond acceptors (Lipinski definition) is 4. The van der Waals surface area contributed by atoms with Gasteiger partial charge in [0.05, 0.1) is 5.56 Å². The summed E-state index contributed by atoms with van der Waals surface area (Å²) in [4.78, 5) is 15.3. The first-order valence-corrected chi connectivity index (χ1v) is 7.83. The summed E-state index contributed by atoms with van der Waals surface area (Å²) in [5.74, 6) is -0.257. The second-order valence-electron chi connectivity index (χ2n) is 4.53. The van der Waals surface area contributed by atoms with Gasteiger partial charge in [0.15, 0.2) is 0 Å². The van der Waals surface area contributed by atoms with Gasteiger partial charge in [-0.3, -0.25) is 0 Å². The van der Waals surface area contributed by atoms with Crippen LogP contribution in [0.2, 0.25) is 0 Å². The molecule has 2 aromatic rings. The minimum absolute atomic E-state index is 0.251. The second-order valence-corrected chi connectivity index (χ2v) is 5.50. The number of anilines is 1. The molecule has 0 saturated carbocycles. The molecule has 2 N–H and O–H groups in total. The maximum atomic E-state index is 11.2. The number of carbonyl (C=O) groups is 1. The van der Waals surface area contributed by atoms with Crippen molar-refractivity contribution >= 4 is 23.4 Å². The van der Waals surface area contributed by atoms with Crippen molar-refractivity contribution in [1.82, 2.24) is 4.98 Å². The van der Waals surface area contributed by atoms with Crippen LogP contribution in [0.25, 0.3) is 0 Å². The summed E-state index contributed by atoms with van der Waals surface area (Å²) >= 11 is 1.44. The number of nitrogens with one attached hydrogen (secondary N) is 1. The molecule has 0 aliphatic rings. The van der Waals surface area contributed by atoms with Crippen LogP contribution in [0.5, 0.6) is 0 Å². The fraction of sp³-hybridized carbons (Fsp3) is 0.250. The minimum atomic E-state index is -0.942. The molecule has 0 atom stereocenters. The molecule has 1 heterocycles. The summed E-state index contributed by atoms with van der Waals surface area (Å²) in [5, 5.41) is 13.1. The molecule has 110 valence electrons. The van der Waals surface area contributed by atoms with Gasteiger partial charge in [-0.25, -0.2) is 9.78 Å². The van der Waals surface area contributed by atoms with Crippen LogP contribution in [-0.2, 0) is 5.75 Å². The molecule has 4 nitrogen and oxygen atoms in total. The SMILES string of the molecule is CCCNc1ccccc1CSc1ncccc1C(=O)O. The van der Waals surface area contributed by atoms with Gasteiger partial charge in [0, 0.05) is 24.2 Å². The number of aromatic nitrogens is 1. The highest BCUT2D eigenvalue weighted by molar-refractivity contribution is 7.98. The lowest BCUT2D eigenvalue weighted by atomic mass is 10.2. The highest BCUT2D eigenvalue weighted by Crippen LogP contribution is 2.27.